The quantitative estimate of drug-likeness (QED) is 0.0199. The Morgan fingerprint density at radius 3 is 1.12 bits per heavy atom. The first kappa shape index (κ1) is 61.0. The molecule has 0 aromatic heterocycles. The molecule has 0 aliphatic carbocycles. The smallest absolute Gasteiger partial charge is 0.306 e. The topological polar surface area (TPSA) is 78.9 Å². The SMILES string of the molecule is CC\C=C/C=C\C=C/C=C\C=C\C=C/C=C\CCCCCC(=O)OCC(COC(=O)CCCCCC/C=C\CCCC)OC(=O)CCCCC/C=C\C/C=C\C/C=C\C/C=C\C/C=C\CC. The second kappa shape index (κ2) is 52.7. The molecule has 0 N–H and O–H groups in total. The molecule has 6 heteroatoms. The van der Waals surface area contributed by atoms with Crippen LogP contribution in [-0.2, 0) is 28.6 Å². The van der Waals surface area contributed by atoms with E-state index < -0.39 is 6.10 Å². The van der Waals surface area contributed by atoms with Crippen LogP contribution in [0.1, 0.15) is 181 Å². The maximum Gasteiger partial charge on any atom is 0.306 e. The molecule has 0 saturated carbocycles. The van der Waals surface area contributed by atoms with Crippen LogP contribution in [0.2, 0.25) is 0 Å². The normalized spacial score (nSPS) is 13.4. The van der Waals surface area contributed by atoms with E-state index in [0.29, 0.717) is 19.3 Å². The molecule has 0 saturated heterocycles. The van der Waals surface area contributed by atoms with Crippen molar-refractivity contribution in [3.8, 4) is 0 Å². The Balaban J connectivity index is 4.57. The van der Waals surface area contributed by atoms with Crippen molar-refractivity contribution in [3.63, 3.8) is 0 Å². The minimum absolute atomic E-state index is 0.121. The highest BCUT2D eigenvalue weighted by atomic mass is 16.6. The van der Waals surface area contributed by atoms with Crippen LogP contribution in [0.4, 0.5) is 0 Å². The van der Waals surface area contributed by atoms with Crippen molar-refractivity contribution in [1.82, 2.24) is 0 Å². The van der Waals surface area contributed by atoms with Gasteiger partial charge in [0.1, 0.15) is 13.2 Å². The van der Waals surface area contributed by atoms with Crippen molar-refractivity contribution in [2.75, 3.05) is 13.2 Å². The molecular formula is C60H90O6. The van der Waals surface area contributed by atoms with E-state index in [9.17, 15) is 14.4 Å². The Morgan fingerprint density at radius 1 is 0.333 bits per heavy atom. The van der Waals surface area contributed by atoms with Crippen LogP contribution in [0.5, 0.6) is 0 Å². The number of rotatable bonds is 43. The Labute approximate surface area is 403 Å². The van der Waals surface area contributed by atoms with E-state index in [2.05, 4.69) is 106 Å². The lowest BCUT2D eigenvalue weighted by Gasteiger charge is -2.18. The van der Waals surface area contributed by atoms with Crippen molar-refractivity contribution in [2.24, 2.45) is 0 Å². The fourth-order valence-electron chi connectivity index (χ4n) is 6.14. The third-order valence-electron chi connectivity index (χ3n) is 9.94. The van der Waals surface area contributed by atoms with Gasteiger partial charge in [-0.3, -0.25) is 14.4 Å². The number of esters is 3. The van der Waals surface area contributed by atoms with Gasteiger partial charge in [-0.1, -0.05) is 217 Å². The number of carbonyl (C=O) groups excluding carboxylic acids is 3. The minimum atomic E-state index is -0.826. The zero-order valence-electron chi connectivity index (χ0n) is 41.6. The first-order valence-electron chi connectivity index (χ1n) is 25.6. The van der Waals surface area contributed by atoms with Gasteiger partial charge in [0.2, 0.25) is 0 Å². The third-order valence-corrected chi connectivity index (χ3v) is 9.94. The van der Waals surface area contributed by atoms with E-state index in [1.54, 1.807) is 0 Å². The first-order chi connectivity index (χ1) is 32.5. The summed E-state index contributed by atoms with van der Waals surface area (Å²) in [6, 6.07) is 0. The van der Waals surface area contributed by atoms with Crippen LogP contribution in [0.3, 0.4) is 0 Å². The molecule has 6 nitrogen and oxygen atoms in total. The summed E-state index contributed by atoms with van der Waals surface area (Å²) in [7, 11) is 0. The van der Waals surface area contributed by atoms with Gasteiger partial charge in [0.25, 0.3) is 0 Å². The highest BCUT2D eigenvalue weighted by Gasteiger charge is 2.19. The zero-order valence-corrected chi connectivity index (χ0v) is 41.6. The van der Waals surface area contributed by atoms with E-state index in [1.807, 2.05) is 72.9 Å². The van der Waals surface area contributed by atoms with Crippen molar-refractivity contribution >= 4 is 17.9 Å². The largest absolute Gasteiger partial charge is 0.462 e. The predicted molar refractivity (Wildman–Crippen MR) is 283 cm³/mol. The van der Waals surface area contributed by atoms with Crippen LogP contribution in [0, 0.1) is 0 Å². The fourth-order valence-corrected chi connectivity index (χ4v) is 6.14. The minimum Gasteiger partial charge on any atom is -0.462 e. The molecule has 0 heterocycles. The Kier molecular flexibility index (Phi) is 48.7. The maximum absolute atomic E-state index is 12.8. The van der Waals surface area contributed by atoms with Gasteiger partial charge in [-0.05, 0) is 103 Å². The van der Waals surface area contributed by atoms with Crippen molar-refractivity contribution in [1.29, 1.82) is 0 Å². The third kappa shape index (κ3) is 50.0. The molecule has 0 spiro atoms. The van der Waals surface area contributed by atoms with Crippen LogP contribution in [0.15, 0.2) is 158 Å². The lowest BCUT2D eigenvalue weighted by Crippen LogP contribution is -2.30. The molecule has 0 aliphatic heterocycles. The summed E-state index contributed by atoms with van der Waals surface area (Å²) in [5.74, 6) is -1.03. The molecule has 0 aromatic carbocycles. The summed E-state index contributed by atoms with van der Waals surface area (Å²) in [5, 5.41) is 0. The maximum atomic E-state index is 12.8. The van der Waals surface area contributed by atoms with E-state index in [4.69, 9.17) is 14.2 Å². The fraction of sp³-hybridized carbons (Fsp3) is 0.517. The van der Waals surface area contributed by atoms with Crippen molar-refractivity contribution < 1.29 is 28.6 Å². The second-order valence-corrected chi connectivity index (χ2v) is 16.1. The molecule has 0 radical (unpaired) electrons. The summed E-state index contributed by atoms with van der Waals surface area (Å²) in [6.45, 7) is 6.22. The van der Waals surface area contributed by atoms with Gasteiger partial charge in [-0.25, -0.2) is 0 Å². The van der Waals surface area contributed by atoms with Crippen LogP contribution < -0.4 is 0 Å². The molecule has 0 fully saturated rings. The summed E-state index contributed by atoms with van der Waals surface area (Å²) in [4.78, 5) is 37.9. The summed E-state index contributed by atoms with van der Waals surface area (Å²) >= 11 is 0. The van der Waals surface area contributed by atoms with Crippen LogP contribution in [-0.4, -0.2) is 37.2 Å². The molecule has 366 valence electrons. The molecular weight excluding hydrogens is 817 g/mol. The van der Waals surface area contributed by atoms with E-state index in [0.717, 1.165) is 116 Å². The van der Waals surface area contributed by atoms with Gasteiger partial charge < -0.3 is 14.2 Å². The number of hydrogen-bond donors (Lipinski definition) is 0. The first-order valence-corrected chi connectivity index (χ1v) is 25.6. The molecule has 0 bridgehead atoms. The number of carbonyl (C=O) groups is 3. The molecule has 1 atom stereocenters. The van der Waals surface area contributed by atoms with Gasteiger partial charge in [0, 0.05) is 19.3 Å². The standard InChI is InChI=1S/C60H90O6/c1-4-7-10-13-16-19-22-24-26-28-30-32-34-36-38-41-44-47-50-53-59(62)65-56-57(55-64-58(61)52-49-46-43-40-21-18-15-12-9-6-3)66-60(63)54-51-48-45-42-39-37-35-33-31-29-27-25-23-20-17-14-11-8-5-2/h7-8,10-11,13,15-20,22,24-28,30-34,36-39,57H,4-6,9,12,14,21,23,29,35,40-56H2,1-3H3/b10-7-,11-8-,16-13-,18-15-,20-17-,22-19-,26-24-,27-25-,30-28+,33-31-,34-32-,38-36-,39-37-. The van der Waals surface area contributed by atoms with E-state index in [-0.39, 0.29) is 44.0 Å². The highest BCUT2D eigenvalue weighted by molar-refractivity contribution is 5.71. The summed E-state index contributed by atoms with van der Waals surface area (Å²) in [6.07, 6.45) is 76.5. The Bertz CT molecular complexity index is 1560. The van der Waals surface area contributed by atoms with Crippen molar-refractivity contribution in [3.05, 3.63) is 158 Å². The van der Waals surface area contributed by atoms with E-state index >= 15 is 0 Å². The monoisotopic (exact) mass is 907 g/mol. The van der Waals surface area contributed by atoms with Gasteiger partial charge in [-0.2, -0.15) is 0 Å². The highest BCUT2D eigenvalue weighted by Crippen LogP contribution is 2.11. The number of hydrogen-bond acceptors (Lipinski definition) is 6. The zero-order chi connectivity index (χ0) is 47.9. The number of unbranched alkanes of at least 4 members (excludes halogenated alkanes) is 12. The molecule has 1 unspecified atom stereocenters. The van der Waals surface area contributed by atoms with Gasteiger partial charge in [-0.15, -0.1) is 0 Å². The van der Waals surface area contributed by atoms with Crippen LogP contribution in [0.25, 0.3) is 0 Å². The summed E-state index contributed by atoms with van der Waals surface area (Å²) < 4.78 is 16.7. The number of allylic oxidation sites excluding steroid dienone is 26. The Hall–Kier alpha value is -4.97. The van der Waals surface area contributed by atoms with Gasteiger partial charge in [0.15, 0.2) is 6.10 Å². The predicted octanol–water partition coefficient (Wildman–Crippen LogP) is 17.0. The average molecular weight is 907 g/mol. The van der Waals surface area contributed by atoms with Crippen LogP contribution >= 0.6 is 0 Å². The lowest BCUT2D eigenvalue weighted by molar-refractivity contribution is -0.167. The van der Waals surface area contributed by atoms with Gasteiger partial charge in [0.05, 0.1) is 0 Å². The van der Waals surface area contributed by atoms with Crippen molar-refractivity contribution in [2.45, 2.75) is 187 Å². The Morgan fingerprint density at radius 2 is 0.667 bits per heavy atom. The van der Waals surface area contributed by atoms with Gasteiger partial charge >= 0.3 is 17.9 Å². The molecule has 0 aromatic rings. The number of ether oxygens (including phenoxy) is 3. The molecule has 0 rings (SSSR count). The molecule has 0 amide bonds. The lowest BCUT2D eigenvalue weighted by atomic mass is 10.1. The molecule has 66 heavy (non-hydrogen) atoms. The summed E-state index contributed by atoms with van der Waals surface area (Å²) in [5.41, 5.74) is 0. The average Bonchev–Trinajstić information content (AvgIpc) is 3.31. The van der Waals surface area contributed by atoms with E-state index in [1.165, 1.54) is 12.8 Å². The second-order valence-electron chi connectivity index (χ2n) is 16.1. The molecule has 0 aliphatic rings.